The number of aliphatic hydroxyl groups excluding tert-OH is 1. The fourth-order valence-corrected chi connectivity index (χ4v) is 1.96. The molecule has 0 amide bonds. The van der Waals surface area contributed by atoms with Gasteiger partial charge in [-0.2, -0.15) is 5.26 Å². The first kappa shape index (κ1) is 16.2. The molecule has 0 aliphatic carbocycles. The summed E-state index contributed by atoms with van der Waals surface area (Å²) in [6.45, 7) is 0.241. The van der Waals surface area contributed by atoms with Crippen LogP contribution in [-0.2, 0) is 6.42 Å². The van der Waals surface area contributed by atoms with Crippen LogP contribution in [0.25, 0.3) is 0 Å². The summed E-state index contributed by atoms with van der Waals surface area (Å²) in [6.07, 6.45) is -0.381. The Labute approximate surface area is 134 Å². The Balaban J connectivity index is 1.75. The molecule has 114 valence electrons. The SMILES string of the molecule is N#CCc1ccc(OCC(O)COc2cccc(Cl)c2)cc1. The zero-order valence-electron chi connectivity index (χ0n) is 11.9. The minimum absolute atomic E-state index is 0.118. The number of hydrogen-bond acceptors (Lipinski definition) is 4. The molecule has 0 radical (unpaired) electrons. The Bertz CT molecular complexity index is 637. The van der Waals surface area contributed by atoms with Crippen molar-refractivity contribution in [2.75, 3.05) is 13.2 Å². The molecule has 2 rings (SSSR count). The molecule has 0 bridgehead atoms. The van der Waals surface area contributed by atoms with Crippen molar-refractivity contribution in [3.05, 3.63) is 59.1 Å². The van der Waals surface area contributed by atoms with E-state index in [-0.39, 0.29) is 13.2 Å². The van der Waals surface area contributed by atoms with Crippen molar-refractivity contribution in [2.24, 2.45) is 0 Å². The molecular weight excluding hydrogens is 302 g/mol. The van der Waals surface area contributed by atoms with Crippen molar-refractivity contribution in [3.63, 3.8) is 0 Å². The van der Waals surface area contributed by atoms with Crippen LogP contribution in [0.2, 0.25) is 5.02 Å². The minimum atomic E-state index is -0.752. The fraction of sp³-hybridized carbons (Fsp3) is 0.235. The Morgan fingerprint density at radius 2 is 1.73 bits per heavy atom. The molecule has 0 aliphatic heterocycles. The van der Waals surface area contributed by atoms with E-state index in [1.54, 1.807) is 36.4 Å². The van der Waals surface area contributed by atoms with Gasteiger partial charge in [0.05, 0.1) is 12.5 Å². The molecule has 1 N–H and O–H groups in total. The van der Waals surface area contributed by atoms with E-state index in [0.717, 1.165) is 5.56 Å². The molecule has 5 heteroatoms. The maximum Gasteiger partial charge on any atom is 0.122 e. The van der Waals surface area contributed by atoms with E-state index >= 15 is 0 Å². The number of benzene rings is 2. The standard InChI is InChI=1S/C17H16ClNO3/c18-14-2-1-3-17(10-14)22-12-15(20)11-21-16-6-4-13(5-7-16)8-9-19/h1-7,10,15,20H,8,11-12H2. The van der Waals surface area contributed by atoms with Crippen LogP contribution in [-0.4, -0.2) is 24.4 Å². The summed E-state index contributed by atoms with van der Waals surface area (Å²) in [5.74, 6) is 1.25. The maximum absolute atomic E-state index is 9.85. The summed E-state index contributed by atoms with van der Waals surface area (Å²) in [5, 5.41) is 19.0. The quantitative estimate of drug-likeness (QED) is 0.851. The van der Waals surface area contributed by atoms with Crippen molar-refractivity contribution >= 4 is 11.6 Å². The van der Waals surface area contributed by atoms with E-state index in [0.29, 0.717) is 22.9 Å². The second-order valence-corrected chi connectivity index (χ2v) is 5.15. The molecule has 0 fully saturated rings. The summed E-state index contributed by atoms with van der Waals surface area (Å²) in [7, 11) is 0. The molecule has 1 atom stereocenters. The summed E-state index contributed by atoms with van der Waals surface area (Å²) < 4.78 is 10.9. The lowest BCUT2D eigenvalue weighted by atomic mass is 10.2. The van der Waals surface area contributed by atoms with Crippen molar-refractivity contribution in [1.29, 1.82) is 5.26 Å². The molecule has 0 heterocycles. The third-order valence-electron chi connectivity index (χ3n) is 2.89. The number of rotatable bonds is 7. The number of hydrogen-bond donors (Lipinski definition) is 1. The van der Waals surface area contributed by atoms with Crippen LogP contribution in [0.3, 0.4) is 0 Å². The maximum atomic E-state index is 9.85. The predicted octanol–water partition coefficient (Wildman–Crippen LogP) is 3.22. The van der Waals surface area contributed by atoms with Gasteiger partial charge >= 0.3 is 0 Å². The number of nitriles is 1. The number of aliphatic hydroxyl groups is 1. The molecule has 0 saturated heterocycles. The van der Waals surface area contributed by atoms with Gasteiger partial charge < -0.3 is 14.6 Å². The predicted molar refractivity (Wildman–Crippen MR) is 84.2 cm³/mol. The van der Waals surface area contributed by atoms with E-state index in [1.807, 2.05) is 12.1 Å². The van der Waals surface area contributed by atoms with Crippen LogP contribution in [0, 0.1) is 11.3 Å². The zero-order chi connectivity index (χ0) is 15.8. The lowest BCUT2D eigenvalue weighted by Crippen LogP contribution is -2.25. The molecule has 22 heavy (non-hydrogen) atoms. The second-order valence-electron chi connectivity index (χ2n) is 4.71. The van der Waals surface area contributed by atoms with Gasteiger partial charge in [-0.05, 0) is 35.9 Å². The van der Waals surface area contributed by atoms with Gasteiger partial charge in [0.2, 0.25) is 0 Å². The Hall–Kier alpha value is -2.22. The number of ether oxygens (including phenoxy) is 2. The first-order chi connectivity index (χ1) is 10.7. The van der Waals surface area contributed by atoms with Crippen molar-refractivity contribution in [1.82, 2.24) is 0 Å². The van der Waals surface area contributed by atoms with Gasteiger partial charge in [-0.25, -0.2) is 0 Å². The van der Waals surface area contributed by atoms with Crippen molar-refractivity contribution < 1.29 is 14.6 Å². The lowest BCUT2D eigenvalue weighted by molar-refractivity contribution is 0.0626. The molecule has 0 aromatic heterocycles. The third kappa shape index (κ3) is 5.28. The summed E-state index contributed by atoms with van der Waals surface area (Å²) in [4.78, 5) is 0. The molecule has 0 saturated carbocycles. The van der Waals surface area contributed by atoms with Gasteiger partial charge in [-0.15, -0.1) is 0 Å². The smallest absolute Gasteiger partial charge is 0.122 e. The molecule has 4 nitrogen and oxygen atoms in total. The fourth-order valence-electron chi connectivity index (χ4n) is 1.78. The van der Waals surface area contributed by atoms with Gasteiger partial charge in [0, 0.05) is 5.02 Å². The van der Waals surface area contributed by atoms with E-state index < -0.39 is 6.10 Å². The average Bonchev–Trinajstić information content (AvgIpc) is 2.53. The summed E-state index contributed by atoms with van der Waals surface area (Å²) in [6, 6.07) is 16.3. The Morgan fingerprint density at radius 1 is 1.05 bits per heavy atom. The lowest BCUT2D eigenvalue weighted by Gasteiger charge is -2.14. The van der Waals surface area contributed by atoms with E-state index in [9.17, 15) is 5.11 Å². The Kier molecular flexibility index (Phi) is 6.08. The zero-order valence-corrected chi connectivity index (χ0v) is 12.7. The van der Waals surface area contributed by atoms with Gasteiger partial charge in [0.25, 0.3) is 0 Å². The molecule has 0 spiro atoms. The normalized spacial score (nSPS) is 11.5. The summed E-state index contributed by atoms with van der Waals surface area (Å²) >= 11 is 5.85. The number of halogens is 1. The largest absolute Gasteiger partial charge is 0.491 e. The van der Waals surface area contributed by atoms with Gasteiger partial charge in [-0.3, -0.25) is 0 Å². The van der Waals surface area contributed by atoms with Crippen LogP contribution < -0.4 is 9.47 Å². The van der Waals surface area contributed by atoms with Gasteiger partial charge in [0.15, 0.2) is 0 Å². The van der Waals surface area contributed by atoms with Gasteiger partial charge in [-0.1, -0.05) is 29.8 Å². The minimum Gasteiger partial charge on any atom is -0.491 e. The highest BCUT2D eigenvalue weighted by Crippen LogP contribution is 2.17. The van der Waals surface area contributed by atoms with Crippen LogP contribution in [0.4, 0.5) is 0 Å². The topological polar surface area (TPSA) is 62.5 Å². The summed E-state index contributed by atoms with van der Waals surface area (Å²) in [5.41, 5.74) is 0.930. The van der Waals surface area contributed by atoms with E-state index in [1.165, 1.54) is 0 Å². The third-order valence-corrected chi connectivity index (χ3v) is 3.12. The molecular formula is C17H16ClNO3. The molecule has 2 aromatic rings. The Morgan fingerprint density at radius 3 is 2.36 bits per heavy atom. The van der Waals surface area contributed by atoms with Crippen LogP contribution >= 0.6 is 11.6 Å². The van der Waals surface area contributed by atoms with Crippen LogP contribution in [0.15, 0.2) is 48.5 Å². The molecule has 0 aliphatic rings. The molecule has 1 unspecified atom stereocenters. The molecule has 2 aromatic carbocycles. The highest BCUT2D eigenvalue weighted by Gasteiger charge is 2.07. The highest BCUT2D eigenvalue weighted by atomic mass is 35.5. The first-order valence-electron chi connectivity index (χ1n) is 6.82. The van der Waals surface area contributed by atoms with Gasteiger partial charge in [0.1, 0.15) is 30.8 Å². The first-order valence-corrected chi connectivity index (χ1v) is 7.20. The van der Waals surface area contributed by atoms with E-state index in [2.05, 4.69) is 6.07 Å². The number of nitrogens with zero attached hydrogens (tertiary/aromatic N) is 1. The van der Waals surface area contributed by atoms with E-state index in [4.69, 9.17) is 26.3 Å². The monoisotopic (exact) mass is 317 g/mol. The second kappa shape index (κ2) is 8.28. The van der Waals surface area contributed by atoms with Crippen molar-refractivity contribution in [2.45, 2.75) is 12.5 Å². The van der Waals surface area contributed by atoms with Crippen LogP contribution in [0.1, 0.15) is 5.56 Å². The van der Waals surface area contributed by atoms with Crippen molar-refractivity contribution in [3.8, 4) is 17.6 Å². The highest BCUT2D eigenvalue weighted by molar-refractivity contribution is 6.30. The average molecular weight is 318 g/mol. The van der Waals surface area contributed by atoms with Crippen LogP contribution in [0.5, 0.6) is 11.5 Å².